The maximum atomic E-state index is 14.7. The van der Waals surface area contributed by atoms with E-state index < -0.39 is 18.3 Å². The summed E-state index contributed by atoms with van der Waals surface area (Å²) in [5.41, 5.74) is -0.178. The van der Waals surface area contributed by atoms with Crippen molar-refractivity contribution in [1.82, 2.24) is 0 Å². The Bertz CT molecular complexity index is 548. The van der Waals surface area contributed by atoms with Crippen LogP contribution in [-0.2, 0) is 9.31 Å². The molecule has 120 valence electrons. The van der Waals surface area contributed by atoms with Crippen LogP contribution in [0.15, 0.2) is 30.0 Å². The maximum absolute atomic E-state index is 14.7. The Morgan fingerprint density at radius 3 is 2.05 bits per heavy atom. The van der Waals surface area contributed by atoms with Crippen molar-refractivity contribution in [3.05, 3.63) is 35.6 Å². The second-order valence-electron chi connectivity index (χ2n) is 6.52. The molecular formula is C17H24BFO3. The van der Waals surface area contributed by atoms with Crippen LogP contribution in [0.25, 0.3) is 5.57 Å². The first-order valence-electron chi connectivity index (χ1n) is 7.63. The van der Waals surface area contributed by atoms with Crippen molar-refractivity contribution in [3.8, 4) is 5.75 Å². The van der Waals surface area contributed by atoms with Gasteiger partial charge in [0.15, 0.2) is 0 Å². The van der Waals surface area contributed by atoms with Crippen LogP contribution in [0.5, 0.6) is 5.75 Å². The Kier molecular flexibility index (Phi) is 4.69. The fourth-order valence-corrected chi connectivity index (χ4v) is 2.23. The van der Waals surface area contributed by atoms with Crippen LogP contribution < -0.4 is 4.74 Å². The van der Waals surface area contributed by atoms with Crippen molar-refractivity contribution in [2.75, 3.05) is 6.61 Å². The summed E-state index contributed by atoms with van der Waals surface area (Å²) in [7, 11) is -0.962. The first-order valence-corrected chi connectivity index (χ1v) is 7.63. The second kappa shape index (κ2) is 6.05. The van der Waals surface area contributed by atoms with Crippen molar-refractivity contribution in [2.24, 2.45) is 0 Å². The molecule has 1 aromatic carbocycles. The van der Waals surface area contributed by atoms with Crippen LogP contribution in [-0.4, -0.2) is 24.9 Å². The standard InChI is InChI=1S/C17H24BFO3/c1-7-20-14-10-8-13(9-11-14)12(2)15(19)18-21-16(3,4)17(5,6)22-18/h8-11H,7H2,1-6H3. The van der Waals surface area contributed by atoms with E-state index in [4.69, 9.17) is 14.0 Å². The second-order valence-corrected chi connectivity index (χ2v) is 6.52. The van der Waals surface area contributed by atoms with Crippen molar-refractivity contribution in [2.45, 2.75) is 52.7 Å². The topological polar surface area (TPSA) is 27.7 Å². The molecule has 22 heavy (non-hydrogen) atoms. The Morgan fingerprint density at radius 1 is 1.09 bits per heavy atom. The molecule has 0 spiro atoms. The van der Waals surface area contributed by atoms with E-state index in [2.05, 4.69) is 0 Å². The minimum Gasteiger partial charge on any atom is -0.494 e. The normalized spacial score (nSPS) is 20.8. The van der Waals surface area contributed by atoms with E-state index in [9.17, 15) is 4.39 Å². The lowest BCUT2D eigenvalue weighted by molar-refractivity contribution is 0.00578. The average molecular weight is 306 g/mol. The zero-order chi connectivity index (χ0) is 16.5. The van der Waals surface area contributed by atoms with E-state index in [0.717, 1.165) is 11.3 Å². The van der Waals surface area contributed by atoms with Crippen molar-refractivity contribution < 1.29 is 18.4 Å². The van der Waals surface area contributed by atoms with Crippen LogP contribution in [0, 0.1) is 0 Å². The summed E-state index contributed by atoms with van der Waals surface area (Å²) >= 11 is 0. The summed E-state index contributed by atoms with van der Waals surface area (Å²) in [4.78, 5) is 0. The van der Waals surface area contributed by atoms with Gasteiger partial charge in [0.05, 0.1) is 17.8 Å². The van der Waals surface area contributed by atoms with E-state index in [-0.39, 0.29) is 5.73 Å². The molecule has 2 rings (SSSR count). The van der Waals surface area contributed by atoms with E-state index >= 15 is 0 Å². The fourth-order valence-electron chi connectivity index (χ4n) is 2.23. The minimum atomic E-state index is -0.962. The zero-order valence-corrected chi connectivity index (χ0v) is 14.2. The number of rotatable bonds is 4. The van der Waals surface area contributed by atoms with Gasteiger partial charge in [-0.2, -0.15) is 0 Å². The Balaban J connectivity index is 2.23. The van der Waals surface area contributed by atoms with Crippen LogP contribution in [0.3, 0.4) is 0 Å². The highest BCUT2D eigenvalue weighted by Crippen LogP contribution is 2.40. The minimum absolute atomic E-state index is 0.386. The molecule has 0 unspecified atom stereocenters. The van der Waals surface area contributed by atoms with Gasteiger partial charge in [-0.1, -0.05) is 12.1 Å². The van der Waals surface area contributed by atoms with Crippen LogP contribution in [0.2, 0.25) is 0 Å². The monoisotopic (exact) mass is 306 g/mol. The van der Waals surface area contributed by atoms with Gasteiger partial charge in [-0.25, -0.2) is 4.39 Å². The van der Waals surface area contributed by atoms with Gasteiger partial charge >= 0.3 is 7.12 Å². The summed E-state index contributed by atoms with van der Waals surface area (Å²) in [5.74, 6) is 0.773. The van der Waals surface area contributed by atoms with Gasteiger partial charge in [-0.05, 0) is 64.8 Å². The third kappa shape index (κ3) is 3.20. The lowest BCUT2D eigenvalue weighted by Crippen LogP contribution is -2.41. The molecule has 0 aliphatic carbocycles. The zero-order valence-electron chi connectivity index (χ0n) is 14.2. The van der Waals surface area contributed by atoms with Gasteiger partial charge in [0.1, 0.15) is 11.5 Å². The quantitative estimate of drug-likeness (QED) is 0.771. The fraction of sp³-hybridized carbons (Fsp3) is 0.529. The van der Waals surface area contributed by atoms with Gasteiger partial charge in [-0.15, -0.1) is 0 Å². The maximum Gasteiger partial charge on any atom is 0.525 e. The van der Waals surface area contributed by atoms with E-state index in [1.165, 1.54) is 0 Å². The van der Waals surface area contributed by atoms with Gasteiger partial charge < -0.3 is 14.0 Å². The summed E-state index contributed by atoms with van der Waals surface area (Å²) < 4.78 is 31.6. The molecule has 3 nitrogen and oxygen atoms in total. The van der Waals surface area contributed by atoms with Gasteiger partial charge in [0.2, 0.25) is 0 Å². The molecule has 0 atom stereocenters. The van der Waals surface area contributed by atoms with E-state index in [1.54, 1.807) is 6.92 Å². The largest absolute Gasteiger partial charge is 0.525 e. The number of halogens is 1. The highest BCUT2D eigenvalue weighted by molar-refractivity contribution is 6.55. The molecule has 1 heterocycles. The molecule has 5 heteroatoms. The third-order valence-corrected chi connectivity index (χ3v) is 4.42. The van der Waals surface area contributed by atoms with Gasteiger partial charge in [-0.3, -0.25) is 0 Å². The SMILES string of the molecule is CCOc1ccc(C(C)=C(F)B2OC(C)(C)C(C)(C)O2)cc1. The molecule has 1 aromatic rings. The van der Waals surface area contributed by atoms with Gasteiger partial charge in [0.25, 0.3) is 0 Å². The smallest absolute Gasteiger partial charge is 0.494 e. The summed E-state index contributed by atoms with van der Waals surface area (Å²) in [6.07, 6.45) is 0. The molecule has 1 saturated heterocycles. The average Bonchev–Trinajstić information content (AvgIpc) is 2.67. The van der Waals surface area contributed by atoms with Crippen LogP contribution >= 0.6 is 0 Å². The highest BCUT2D eigenvalue weighted by Gasteiger charge is 2.53. The lowest BCUT2D eigenvalue weighted by Gasteiger charge is -2.32. The molecule has 0 aromatic heterocycles. The molecule has 0 bridgehead atoms. The Labute approximate surface area is 132 Å². The number of allylic oxidation sites excluding steroid dienone is 1. The van der Waals surface area contributed by atoms with E-state index in [0.29, 0.717) is 12.2 Å². The first-order chi connectivity index (χ1) is 10.2. The molecule has 1 aliphatic rings. The lowest BCUT2D eigenvalue weighted by atomic mass is 9.83. The molecule has 1 aliphatic heterocycles. The predicted molar refractivity (Wildman–Crippen MR) is 87.4 cm³/mol. The summed E-state index contributed by atoms with van der Waals surface area (Å²) in [6, 6.07) is 7.34. The predicted octanol–water partition coefficient (Wildman–Crippen LogP) is 4.42. The third-order valence-electron chi connectivity index (χ3n) is 4.42. The van der Waals surface area contributed by atoms with Gasteiger partial charge in [0, 0.05) is 0 Å². The molecule has 0 radical (unpaired) electrons. The molecule has 0 amide bonds. The number of hydrogen-bond acceptors (Lipinski definition) is 3. The summed E-state index contributed by atoms with van der Waals surface area (Å²) in [6.45, 7) is 11.9. The van der Waals surface area contributed by atoms with Crippen LogP contribution in [0.1, 0.15) is 47.1 Å². The Hall–Kier alpha value is -1.33. The molecule has 0 N–H and O–H groups in total. The molecule has 1 fully saturated rings. The van der Waals surface area contributed by atoms with Crippen molar-refractivity contribution in [1.29, 1.82) is 0 Å². The number of ether oxygens (including phenoxy) is 1. The molecular weight excluding hydrogens is 282 g/mol. The highest BCUT2D eigenvalue weighted by atomic mass is 19.1. The van der Waals surface area contributed by atoms with Crippen LogP contribution in [0.4, 0.5) is 4.39 Å². The molecule has 0 saturated carbocycles. The summed E-state index contributed by atoms with van der Waals surface area (Å²) in [5, 5.41) is 0. The number of benzene rings is 1. The van der Waals surface area contributed by atoms with Crippen molar-refractivity contribution >= 4 is 12.7 Å². The van der Waals surface area contributed by atoms with E-state index in [1.807, 2.05) is 58.9 Å². The Morgan fingerprint density at radius 2 is 1.59 bits per heavy atom. The number of hydrogen-bond donors (Lipinski definition) is 0. The first kappa shape index (κ1) is 17.0. The van der Waals surface area contributed by atoms with Crippen molar-refractivity contribution in [3.63, 3.8) is 0 Å².